The number of benzene rings is 1. The van der Waals surface area contributed by atoms with Gasteiger partial charge in [0.2, 0.25) is 10.0 Å². The molecule has 4 nitrogen and oxygen atoms in total. The van der Waals surface area contributed by atoms with Crippen LogP contribution in [-0.4, -0.2) is 25.8 Å². The molecule has 0 atom stereocenters. The summed E-state index contributed by atoms with van der Waals surface area (Å²) in [5.74, 6) is 0. The van der Waals surface area contributed by atoms with Crippen LogP contribution in [0.25, 0.3) is 0 Å². The summed E-state index contributed by atoms with van der Waals surface area (Å²) in [6.07, 6.45) is 5.55. The zero-order valence-electron chi connectivity index (χ0n) is 13.1. The summed E-state index contributed by atoms with van der Waals surface area (Å²) in [4.78, 5) is 0.420. The molecule has 0 unspecified atom stereocenters. The molecule has 0 bridgehead atoms. The first-order valence-corrected chi connectivity index (χ1v) is 9.36. The number of rotatable bonds is 4. The van der Waals surface area contributed by atoms with Gasteiger partial charge in [-0.25, -0.2) is 8.42 Å². The van der Waals surface area contributed by atoms with Gasteiger partial charge >= 0.3 is 0 Å². The molecule has 0 amide bonds. The molecule has 1 aromatic carbocycles. The van der Waals surface area contributed by atoms with E-state index < -0.39 is 10.0 Å². The van der Waals surface area contributed by atoms with Crippen molar-refractivity contribution in [1.82, 2.24) is 4.31 Å². The Morgan fingerprint density at radius 1 is 1.05 bits per heavy atom. The van der Waals surface area contributed by atoms with E-state index in [1.165, 1.54) is 0 Å². The van der Waals surface area contributed by atoms with Crippen molar-refractivity contribution in [3.8, 4) is 0 Å². The van der Waals surface area contributed by atoms with E-state index in [1.807, 2.05) is 26.0 Å². The largest absolute Gasteiger partial charge is 0.398 e. The molecule has 5 heteroatoms. The zero-order valence-corrected chi connectivity index (χ0v) is 13.9. The van der Waals surface area contributed by atoms with Gasteiger partial charge in [-0.1, -0.05) is 26.7 Å². The van der Waals surface area contributed by atoms with Crippen molar-refractivity contribution in [2.75, 3.05) is 18.8 Å². The highest BCUT2D eigenvalue weighted by Crippen LogP contribution is 2.29. The molecule has 0 aromatic heterocycles. The van der Waals surface area contributed by atoms with Crippen LogP contribution in [0.3, 0.4) is 0 Å². The van der Waals surface area contributed by atoms with Gasteiger partial charge in [0.1, 0.15) is 0 Å². The van der Waals surface area contributed by atoms with Crippen LogP contribution >= 0.6 is 0 Å². The second-order valence-electron chi connectivity index (χ2n) is 5.69. The van der Waals surface area contributed by atoms with E-state index in [0.29, 0.717) is 30.1 Å². The predicted octanol–water partition coefficient (Wildman–Crippen LogP) is 2.96. The minimum atomic E-state index is -3.43. The minimum absolute atomic E-state index is 0.420. The van der Waals surface area contributed by atoms with E-state index in [2.05, 4.69) is 0 Å². The van der Waals surface area contributed by atoms with Crippen molar-refractivity contribution in [3.05, 3.63) is 23.3 Å². The molecule has 1 fully saturated rings. The molecule has 1 aromatic rings. The van der Waals surface area contributed by atoms with Gasteiger partial charge < -0.3 is 5.73 Å². The highest BCUT2D eigenvalue weighted by molar-refractivity contribution is 7.89. The first kappa shape index (κ1) is 16.3. The number of hydrogen-bond acceptors (Lipinski definition) is 3. The van der Waals surface area contributed by atoms with Crippen LogP contribution in [0.15, 0.2) is 17.0 Å². The number of anilines is 1. The monoisotopic (exact) mass is 310 g/mol. The fraction of sp³-hybridized carbons (Fsp3) is 0.625. The van der Waals surface area contributed by atoms with E-state index in [4.69, 9.17) is 5.73 Å². The Labute approximate surface area is 128 Å². The number of nitrogen functional groups attached to an aromatic ring is 1. The molecule has 21 heavy (non-hydrogen) atoms. The topological polar surface area (TPSA) is 63.4 Å². The molecule has 2 rings (SSSR count). The van der Waals surface area contributed by atoms with Crippen molar-refractivity contribution in [1.29, 1.82) is 0 Å². The Hall–Kier alpha value is -1.07. The minimum Gasteiger partial charge on any atom is -0.398 e. The summed E-state index contributed by atoms with van der Waals surface area (Å²) < 4.78 is 27.7. The van der Waals surface area contributed by atoms with Gasteiger partial charge in [0.05, 0.1) is 4.90 Å². The average Bonchev–Trinajstić information content (AvgIpc) is 2.75. The van der Waals surface area contributed by atoms with E-state index in [0.717, 1.165) is 43.2 Å². The maximum absolute atomic E-state index is 13.0. The van der Waals surface area contributed by atoms with Crippen molar-refractivity contribution < 1.29 is 8.42 Å². The van der Waals surface area contributed by atoms with Crippen LogP contribution in [-0.2, 0) is 22.9 Å². The standard InChI is InChI=1S/C16H26N2O2S/c1-3-13-11-15(17)14(4-2)16(12-13)21(19,20)18-9-7-5-6-8-10-18/h11-12H,3-10,17H2,1-2H3. The molecule has 1 aliphatic rings. The van der Waals surface area contributed by atoms with E-state index in [9.17, 15) is 8.42 Å². The highest BCUT2D eigenvalue weighted by atomic mass is 32.2. The van der Waals surface area contributed by atoms with E-state index >= 15 is 0 Å². The lowest BCUT2D eigenvalue weighted by atomic mass is 10.1. The van der Waals surface area contributed by atoms with Crippen molar-refractivity contribution in [3.63, 3.8) is 0 Å². The van der Waals surface area contributed by atoms with Crippen LogP contribution in [0.1, 0.15) is 50.7 Å². The Morgan fingerprint density at radius 3 is 2.19 bits per heavy atom. The lowest BCUT2D eigenvalue weighted by Crippen LogP contribution is -2.32. The summed E-state index contributed by atoms with van der Waals surface area (Å²) >= 11 is 0. The summed E-state index contributed by atoms with van der Waals surface area (Å²) in [6.45, 7) is 5.23. The molecule has 0 spiro atoms. The van der Waals surface area contributed by atoms with Crippen LogP contribution < -0.4 is 5.73 Å². The summed E-state index contributed by atoms with van der Waals surface area (Å²) in [6, 6.07) is 3.72. The van der Waals surface area contributed by atoms with Gasteiger partial charge in [0, 0.05) is 18.8 Å². The molecular formula is C16H26N2O2S. The second kappa shape index (κ2) is 6.79. The maximum atomic E-state index is 13.0. The number of sulfonamides is 1. The first-order valence-electron chi connectivity index (χ1n) is 7.92. The first-order chi connectivity index (χ1) is 10.0. The molecule has 118 valence electrons. The van der Waals surface area contributed by atoms with Gasteiger partial charge in [-0.15, -0.1) is 0 Å². The molecule has 2 N–H and O–H groups in total. The third-order valence-corrected chi connectivity index (χ3v) is 6.21. The number of aryl methyl sites for hydroxylation is 1. The van der Waals surface area contributed by atoms with Crippen LogP contribution in [0.2, 0.25) is 0 Å². The molecule has 0 saturated carbocycles. The van der Waals surface area contributed by atoms with E-state index in [1.54, 1.807) is 4.31 Å². The SMILES string of the molecule is CCc1cc(N)c(CC)c(S(=O)(=O)N2CCCCCC2)c1. The third-order valence-electron chi connectivity index (χ3n) is 4.25. The highest BCUT2D eigenvalue weighted by Gasteiger charge is 2.28. The van der Waals surface area contributed by atoms with Gasteiger partial charge in [-0.05, 0) is 48.9 Å². The fourth-order valence-corrected chi connectivity index (χ4v) is 4.85. The lowest BCUT2D eigenvalue weighted by Gasteiger charge is -2.23. The van der Waals surface area contributed by atoms with Crippen molar-refractivity contribution >= 4 is 15.7 Å². The summed E-state index contributed by atoms with van der Waals surface area (Å²) in [5.41, 5.74) is 8.43. The average molecular weight is 310 g/mol. The normalized spacial score (nSPS) is 17.6. The fourth-order valence-electron chi connectivity index (χ4n) is 2.96. The van der Waals surface area contributed by atoms with Gasteiger partial charge in [0.25, 0.3) is 0 Å². The lowest BCUT2D eigenvalue weighted by molar-refractivity contribution is 0.423. The molecule has 1 aliphatic heterocycles. The number of nitrogens with two attached hydrogens (primary N) is 1. The number of nitrogens with zero attached hydrogens (tertiary/aromatic N) is 1. The Kier molecular flexibility index (Phi) is 5.27. The second-order valence-corrected chi connectivity index (χ2v) is 7.59. The van der Waals surface area contributed by atoms with Gasteiger partial charge in [-0.3, -0.25) is 0 Å². The quantitative estimate of drug-likeness (QED) is 0.870. The molecular weight excluding hydrogens is 284 g/mol. The summed E-state index contributed by atoms with van der Waals surface area (Å²) in [5, 5.41) is 0. The van der Waals surface area contributed by atoms with E-state index in [-0.39, 0.29) is 0 Å². The molecule has 1 heterocycles. The Bertz CT molecular complexity index is 589. The summed E-state index contributed by atoms with van der Waals surface area (Å²) in [7, 11) is -3.43. The van der Waals surface area contributed by atoms with Gasteiger partial charge in [-0.2, -0.15) is 4.31 Å². The predicted molar refractivity (Wildman–Crippen MR) is 86.8 cm³/mol. The maximum Gasteiger partial charge on any atom is 0.243 e. The Balaban J connectivity index is 2.49. The number of hydrogen-bond donors (Lipinski definition) is 1. The molecule has 1 saturated heterocycles. The molecule has 0 aliphatic carbocycles. The zero-order chi connectivity index (χ0) is 15.5. The Morgan fingerprint density at radius 2 is 1.67 bits per heavy atom. The molecule has 0 radical (unpaired) electrons. The van der Waals surface area contributed by atoms with Crippen molar-refractivity contribution in [2.24, 2.45) is 0 Å². The van der Waals surface area contributed by atoms with Gasteiger partial charge in [0.15, 0.2) is 0 Å². The van der Waals surface area contributed by atoms with Crippen LogP contribution in [0, 0.1) is 0 Å². The van der Waals surface area contributed by atoms with Crippen LogP contribution in [0.4, 0.5) is 5.69 Å². The smallest absolute Gasteiger partial charge is 0.243 e. The third kappa shape index (κ3) is 3.40. The van der Waals surface area contributed by atoms with Crippen LogP contribution in [0.5, 0.6) is 0 Å². The van der Waals surface area contributed by atoms with Crippen molar-refractivity contribution in [2.45, 2.75) is 57.3 Å².